The molecule has 1 unspecified atom stereocenters. The van der Waals surface area contributed by atoms with Crippen LogP contribution >= 0.6 is 0 Å². The maximum Gasteiger partial charge on any atom is 0.225 e. The number of pyridine rings is 1. The van der Waals surface area contributed by atoms with E-state index in [2.05, 4.69) is 142 Å². The van der Waals surface area contributed by atoms with Crippen molar-refractivity contribution < 1.29 is 57.7 Å². The van der Waals surface area contributed by atoms with Gasteiger partial charge in [-0.3, -0.25) is 53.1 Å². The third kappa shape index (κ3) is 52.1. The van der Waals surface area contributed by atoms with Crippen LogP contribution in [0.1, 0.15) is 171 Å². The molecule has 8 saturated heterocycles. The average Bonchev–Trinajstić information content (AvgIpc) is 1.77. The number of primary amides is 1. The monoisotopic (exact) mass is 1680 g/mol. The molecule has 8 amide bonds. The molecule has 27 nitrogen and oxygen atoms in total. The second-order valence-electron chi connectivity index (χ2n) is 37.1. The third-order valence-corrected chi connectivity index (χ3v) is 19.9. The molecule has 1 aromatic heterocycles. The highest BCUT2D eigenvalue weighted by atomic mass is 16.5. The van der Waals surface area contributed by atoms with E-state index in [0.717, 1.165) is 162 Å². The summed E-state index contributed by atoms with van der Waals surface area (Å²) in [5.74, 6) is 11.1. The Balaban J connectivity index is 0. The number of nitrogens with zero attached hydrogens (tertiary/aromatic N) is 14. The van der Waals surface area contributed by atoms with Gasteiger partial charge < -0.3 is 78.9 Å². The average molecular weight is 1680 g/mol. The number of aliphatic hydroxyl groups excluding tert-OH is 1. The van der Waals surface area contributed by atoms with E-state index in [-0.39, 0.29) is 95.0 Å². The number of rotatable bonds is 20. The normalized spacial score (nSPS) is 17.7. The van der Waals surface area contributed by atoms with Gasteiger partial charge in [-0.2, -0.15) is 0 Å². The molecule has 0 aromatic carbocycles. The third-order valence-electron chi connectivity index (χ3n) is 19.9. The molecular weight excluding hydrogens is 1510 g/mol. The minimum absolute atomic E-state index is 0.00926. The fourth-order valence-electron chi connectivity index (χ4n) is 12.0. The van der Waals surface area contributed by atoms with Crippen molar-refractivity contribution in [3.63, 3.8) is 0 Å². The molecule has 0 bridgehead atoms. The number of aromatic nitrogens is 1. The Hall–Kier alpha value is -6.19. The number of carbonyl (C=O) groups excluding carboxylic acids is 8. The van der Waals surface area contributed by atoms with Crippen molar-refractivity contribution in [3.8, 4) is 11.8 Å². The molecule has 0 aliphatic carbocycles. The number of amides is 8. The maximum absolute atomic E-state index is 11.6. The summed E-state index contributed by atoms with van der Waals surface area (Å²) in [5, 5.41) is 8.86. The summed E-state index contributed by atoms with van der Waals surface area (Å²) in [6.45, 7) is 67.6. The van der Waals surface area contributed by atoms with Crippen LogP contribution in [0.3, 0.4) is 0 Å². The number of allylic oxidation sites excluding steroid dienone is 1. The maximum atomic E-state index is 11.6. The van der Waals surface area contributed by atoms with Gasteiger partial charge in [0.25, 0.3) is 0 Å². The van der Waals surface area contributed by atoms with Crippen LogP contribution in [0.25, 0.3) is 0 Å². The van der Waals surface area contributed by atoms with E-state index in [9.17, 15) is 38.4 Å². The fourth-order valence-corrected chi connectivity index (χ4v) is 12.0. The van der Waals surface area contributed by atoms with Crippen LogP contribution < -0.4 is 5.73 Å². The van der Waals surface area contributed by atoms with Crippen molar-refractivity contribution >= 4 is 47.3 Å². The first-order valence-corrected chi connectivity index (χ1v) is 44.2. The van der Waals surface area contributed by atoms with E-state index >= 15 is 0 Å². The summed E-state index contributed by atoms with van der Waals surface area (Å²) >= 11 is 0. The van der Waals surface area contributed by atoms with E-state index in [1.165, 1.54) is 0 Å². The van der Waals surface area contributed by atoms with E-state index < -0.39 is 0 Å². The lowest BCUT2D eigenvalue weighted by atomic mass is 9.98. The van der Waals surface area contributed by atoms with Crippen LogP contribution in [-0.2, 0) is 52.6 Å². The molecular formula is C92H175N15O12. The van der Waals surface area contributed by atoms with E-state index in [1.54, 1.807) is 43.2 Å². The number of morpholine rings is 2. The number of nitrogens with two attached hydrogens (primary N) is 1. The highest BCUT2D eigenvalue weighted by molar-refractivity contribution is 5.81. The van der Waals surface area contributed by atoms with Gasteiger partial charge >= 0.3 is 0 Å². The SMILES string of the molecule is CC(C)/C=C/CN1CCOCC1.CC(C)C.CC(C)C#Cc1cccnc1.CC(C)C(=O)N(C)C1CCN(C)C1.CC(C)C(=O)N(C)CCN(C)C.CC(C)C(=O)N1CC(CN(C)C)C1.CC(C)C(=O)N1CC(N(C)C)C1.CC(C)C(=O)N1CC(N2CCOCC2)C1.CC(C)C(=O)N1CC(O)C1.CC(C)C(N)=O.COC1CN(C(=O)C(C)C)C1. The lowest BCUT2D eigenvalue weighted by molar-refractivity contribution is -0.146. The molecule has 0 spiro atoms. The van der Waals surface area contributed by atoms with Gasteiger partial charge in [0, 0.05) is 241 Å². The summed E-state index contributed by atoms with van der Waals surface area (Å²) in [6, 6.07) is 5.44. The van der Waals surface area contributed by atoms with Gasteiger partial charge in [0.1, 0.15) is 0 Å². The van der Waals surface area contributed by atoms with Gasteiger partial charge in [-0.1, -0.05) is 183 Å². The molecule has 8 fully saturated rings. The Kier molecular flexibility index (Phi) is 60.7. The first kappa shape index (κ1) is 115. The van der Waals surface area contributed by atoms with Gasteiger partial charge in [0.15, 0.2) is 0 Å². The van der Waals surface area contributed by atoms with Crippen LogP contribution in [0.5, 0.6) is 0 Å². The lowest BCUT2D eigenvalue weighted by Crippen LogP contribution is -2.63. The van der Waals surface area contributed by atoms with Gasteiger partial charge in [-0.05, 0) is 86.3 Å². The van der Waals surface area contributed by atoms with Crippen LogP contribution in [0.4, 0.5) is 0 Å². The number of β-amino-alcohol motifs (C(OH)–C–C–N with tert-alkyl or cyclic N) is 1. The number of likely N-dealkylation sites (N-methyl/N-ethyl adjacent to an activating group) is 5. The lowest BCUT2D eigenvalue weighted by Gasteiger charge is -2.47. The summed E-state index contributed by atoms with van der Waals surface area (Å²) in [6.07, 6.45) is 9.16. The van der Waals surface area contributed by atoms with Crippen molar-refractivity contribution in [1.82, 2.24) is 68.7 Å². The fraction of sp³-hybridized carbons (Fsp3) is 0.815. The van der Waals surface area contributed by atoms with Gasteiger partial charge in [-0.15, -0.1) is 0 Å². The van der Waals surface area contributed by atoms with Crippen LogP contribution in [-0.4, -0.2) is 379 Å². The molecule has 9 heterocycles. The van der Waals surface area contributed by atoms with Crippen LogP contribution in [0, 0.1) is 82.9 Å². The van der Waals surface area contributed by atoms with Gasteiger partial charge in [0.2, 0.25) is 47.3 Å². The zero-order valence-corrected chi connectivity index (χ0v) is 81.2. The molecule has 27 heteroatoms. The van der Waals surface area contributed by atoms with E-state index in [4.69, 9.17) is 25.1 Å². The standard InChI is InChI=1S/C11H20N2O2.2C10H20N2O.C10H19NO.C10H11N.C9H18N2O.C9H20N2O.C8H15NO2.C7H13NO2.C4H9NO.C4H10/c1-9(2)11(14)13-7-10(8-13)12-3-5-15-6-4-12;1-8(2)10(13)12-6-9(7-12)5-11(3)4;1-8(2)10(13)12(4)9-5-6-11(3)7-9;1-10(2)4-3-5-11-6-8-12-9-7-11;1-9(2)5-6-10-4-3-7-11-8-10;1-7(2)9(12)11-5-8(6-11)10(3)4;1-8(2)9(12)11(5)7-6-10(3)4;1-6(2)8(10)9-4-7(5-9)11-3;1-5(2)7(10)8-3-6(9)4-8;1-3(2)4(5)6;1-4(2)3/h9-10H,3-8H2,1-2H3;2*8-9H,5-7H2,1-4H3;3-4,10H,5-9H2,1-2H3;3-4,7-9H,1-2H3;7-8H,5-6H2,1-4H3;8H,6-7H2,1-5H3;6-7H,4-5H2,1-3H3;5-6,9H,3-4H2,1-2H3;3H,1-2H3,(H2,5,6);4H,1-3H3/b;;;4-3+;;;;;;;. The number of methoxy groups -OCH3 is 1. The zero-order valence-electron chi connectivity index (χ0n) is 81.2. The molecule has 0 saturated carbocycles. The summed E-state index contributed by atoms with van der Waals surface area (Å²) in [7, 11) is 19.8. The van der Waals surface area contributed by atoms with Crippen molar-refractivity contribution in [2.75, 3.05) is 228 Å². The number of carbonyl (C=O) groups is 8. The number of ether oxygens (including phenoxy) is 3. The Morgan fingerprint density at radius 2 is 0.958 bits per heavy atom. The summed E-state index contributed by atoms with van der Waals surface area (Å²) < 4.78 is 15.6. The smallest absolute Gasteiger partial charge is 0.225 e. The van der Waals surface area contributed by atoms with E-state index in [1.807, 2.05) is 162 Å². The number of likely N-dealkylation sites (tertiary alicyclic amines) is 6. The van der Waals surface area contributed by atoms with Crippen molar-refractivity contribution in [2.24, 2.45) is 76.7 Å². The van der Waals surface area contributed by atoms with Crippen LogP contribution in [0.15, 0.2) is 36.7 Å². The van der Waals surface area contributed by atoms with Crippen LogP contribution in [0.2, 0.25) is 0 Å². The molecule has 8 aliphatic rings. The summed E-state index contributed by atoms with van der Waals surface area (Å²) in [4.78, 5) is 120. The summed E-state index contributed by atoms with van der Waals surface area (Å²) in [5.41, 5.74) is 5.78. The Morgan fingerprint density at radius 3 is 1.30 bits per heavy atom. The second kappa shape index (κ2) is 62.8. The predicted molar refractivity (Wildman–Crippen MR) is 486 cm³/mol. The molecule has 9 rings (SSSR count). The van der Waals surface area contributed by atoms with E-state index in [0.29, 0.717) is 60.8 Å². The minimum Gasteiger partial charge on any atom is -0.389 e. The number of aliphatic hydroxyl groups is 1. The molecule has 1 aromatic rings. The topological polar surface area (TPSA) is 266 Å². The molecule has 690 valence electrons. The zero-order chi connectivity index (χ0) is 91.7. The van der Waals surface area contributed by atoms with Crippen molar-refractivity contribution in [1.29, 1.82) is 0 Å². The highest BCUT2D eigenvalue weighted by Gasteiger charge is 2.38. The van der Waals surface area contributed by atoms with Gasteiger partial charge in [0.05, 0.1) is 38.6 Å². The number of hydrogen-bond acceptors (Lipinski definition) is 19. The first-order valence-electron chi connectivity index (χ1n) is 44.2. The first-order chi connectivity index (χ1) is 55.4. The number of hydrogen-bond donors (Lipinski definition) is 2. The van der Waals surface area contributed by atoms with Crippen molar-refractivity contribution in [2.45, 2.75) is 196 Å². The Bertz CT molecular complexity index is 2980. The largest absolute Gasteiger partial charge is 0.389 e. The van der Waals surface area contributed by atoms with Gasteiger partial charge in [-0.25, -0.2) is 0 Å². The minimum atomic E-state index is -0.275. The molecule has 119 heavy (non-hydrogen) atoms. The molecule has 1 atom stereocenters. The molecule has 8 aliphatic heterocycles. The Morgan fingerprint density at radius 1 is 0.538 bits per heavy atom. The predicted octanol–water partition coefficient (Wildman–Crippen LogP) is 8.48. The quantitative estimate of drug-likeness (QED) is 0.0915. The molecule has 3 N–H and O–H groups in total. The molecule has 0 radical (unpaired) electrons. The van der Waals surface area contributed by atoms with Crippen molar-refractivity contribution in [3.05, 3.63) is 42.2 Å². The second-order valence-corrected chi connectivity index (χ2v) is 37.1. The Labute approximate surface area is 724 Å². The highest BCUT2D eigenvalue weighted by Crippen LogP contribution is 2.22.